The second-order valence-corrected chi connectivity index (χ2v) is 7.22. The minimum atomic E-state index is -0.579. The third-order valence-electron chi connectivity index (χ3n) is 2.90. The molecule has 1 aromatic rings. The van der Waals surface area contributed by atoms with Gasteiger partial charge in [0.2, 0.25) is 5.91 Å². The summed E-state index contributed by atoms with van der Waals surface area (Å²) in [6, 6.07) is 2.71. The summed E-state index contributed by atoms with van der Waals surface area (Å²) in [5, 5.41) is 11.1. The molecule has 21 heavy (non-hydrogen) atoms. The van der Waals surface area contributed by atoms with E-state index in [0.717, 1.165) is 11.8 Å². The molecule has 1 fully saturated rings. The first-order valence-corrected chi connectivity index (χ1v) is 7.95. The Bertz CT molecular complexity index is 640. The molecule has 0 aromatic heterocycles. The highest BCUT2D eigenvalue weighted by Gasteiger charge is 2.36. The predicted molar refractivity (Wildman–Crippen MR) is 84.8 cm³/mol. The summed E-state index contributed by atoms with van der Waals surface area (Å²) in [7, 11) is 0. The molecule has 2 rings (SSSR count). The van der Waals surface area contributed by atoms with Crippen molar-refractivity contribution < 1.29 is 14.5 Å². The van der Waals surface area contributed by atoms with Gasteiger partial charge in [0.1, 0.15) is 5.69 Å². The van der Waals surface area contributed by atoms with Crippen molar-refractivity contribution in [1.29, 1.82) is 0 Å². The molecule has 112 valence electrons. The van der Waals surface area contributed by atoms with E-state index in [0.29, 0.717) is 4.47 Å². The average Bonchev–Trinajstić information content (AvgIpc) is 2.67. The summed E-state index contributed by atoms with van der Waals surface area (Å²) < 4.78 is 0.378. The molecule has 0 N–H and O–H groups in total. The lowest BCUT2D eigenvalue weighted by Gasteiger charge is -2.18. The largest absolute Gasteiger partial charge is 0.304 e. The van der Waals surface area contributed by atoms with Gasteiger partial charge in [-0.3, -0.25) is 19.7 Å². The highest BCUT2D eigenvalue weighted by Crippen LogP contribution is 2.41. The quantitative estimate of drug-likeness (QED) is 0.581. The number of rotatable bonds is 3. The Labute approximate surface area is 138 Å². The molecule has 1 amide bonds. The Kier molecular flexibility index (Phi) is 4.90. The van der Waals surface area contributed by atoms with Crippen molar-refractivity contribution in [2.24, 2.45) is 0 Å². The van der Waals surface area contributed by atoms with E-state index in [-0.39, 0.29) is 45.6 Å². The van der Waals surface area contributed by atoms with Gasteiger partial charge in [0.25, 0.3) is 5.69 Å². The fourth-order valence-electron chi connectivity index (χ4n) is 2.16. The summed E-state index contributed by atoms with van der Waals surface area (Å²) in [6.45, 7) is 1.68. The van der Waals surface area contributed by atoms with Gasteiger partial charge in [-0.25, -0.2) is 0 Å². The van der Waals surface area contributed by atoms with Crippen LogP contribution >= 0.6 is 39.3 Å². The fourth-order valence-corrected chi connectivity index (χ4v) is 4.09. The smallest absolute Gasteiger partial charge is 0.295 e. The fraction of sp³-hybridized carbons (Fsp3) is 0.333. The molecule has 6 nitrogen and oxygen atoms in total. The Morgan fingerprint density at radius 2 is 2.24 bits per heavy atom. The molecule has 1 aromatic carbocycles. The van der Waals surface area contributed by atoms with Crippen molar-refractivity contribution in [2.45, 2.75) is 18.6 Å². The SMILES string of the molecule is CC(=O)SC1CC(=O)N(c2c(Br)cc(Cl)cc2[N+](=O)[O-])C1. The first-order valence-electron chi connectivity index (χ1n) is 5.90. The number of thioether (sulfide) groups is 1. The van der Waals surface area contributed by atoms with Crippen LogP contribution in [0.15, 0.2) is 16.6 Å². The topological polar surface area (TPSA) is 80.5 Å². The van der Waals surface area contributed by atoms with Crippen molar-refractivity contribution in [3.05, 3.63) is 31.7 Å². The van der Waals surface area contributed by atoms with Gasteiger partial charge in [0.15, 0.2) is 5.12 Å². The van der Waals surface area contributed by atoms with Crippen molar-refractivity contribution in [3.63, 3.8) is 0 Å². The van der Waals surface area contributed by atoms with Crippen LogP contribution in [0.1, 0.15) is 13.3 Å². The highest BCUT2D eigenvalue weighted by atomic mass is 79.9. The first-order chi connectivity index (χ1) is 9.79. The molecule has 0 aliphatic carbocycles. The van der Waals surface area contributed by atoms with Crippen molar-refractivity contribution in [3.8, 4) is 0 Å². The van der Waals surface area contributed by atoms with Gasteiger partial charge < -0.3 is 4.90 Å². The minimum Gasteiger partial charge on any atom is -0.304 e. The zero-order valence-corrected chi connectivity index (χ0v) is 14.0. The lowest BCUT2D eigenvalue weighted by atomic mass is 10.2. The second kappa shape index (κ2) is 6.33. The third kappa shape index (κ3) is 3.56. The summed E-state index contributed by atoms with van der Waals surface area (Å²) >= 11 is 10.1. The van der Waals surface area contributed by atoms with Crippen molar-refractivity contribution >= 4 is 61.7 Å². The van der Waals surface area contributed by atoms with Gasteiger partial charge in [-0.1, -0.05) is 23.4 Å². The standard InChI is InChI=1S/C12H10BrClN2O4S/c1-6(17)21-8-4-11(18)15(5-8)12-9(13)2-7(14)3-10(12)16(19)20/h2-3,8H,4-5H2,1H3. The molecule has 1 saturated heterocycles. The molecule has 1 aliphatic heterocycles. The Morgan fingerprint density at radius 3 is 2.81 bits per heavy atom. The number of hydrogen-bond acceptors (Lipinski definition) is 5. The molecular formula is C12H10BrClN2O4S. The summed E-state index contributed by atoms with van der Waals surface area (Å²) in [5.41, 5.74) is -0.0581. The summed E-state index contributed by atoms with van der Waals surface area (Å²) in [6.07, 6.45) is 0.177. The van der Waals surface area contributed by atoms with E-state index in [1.165, 1.54) is 24.0 Å². The van der Waals surface area contributed by atoms with E-state index in [9.17, 15) is 19.7 Å². The maximum absolute atomic E-state index is 12.1. The van der Waals surface area contributed by atoms with Gasteiger partial charge in [-0.05, 0) is 22.0 Å². The van der Waals surface area contributed by atoms with Crippen LogP contribution in [0.3, 0.4) is 0 Å². The van der Waals surface area contributed by atoms with Crippen LogP contribution < -0.4 is 4.90 Å². The zero-order valence-electron chi connectivity index (χ0n) is 10.8. The van der Waals surface area contributed by atoms with Crippen LogP contribution in [-0.4, -0.2) is 27.7 Å². The van der Waals surface area contributed by atoms with Crippen LogP contribution in [0.2, 0.25) is 5.02 Å². The number of nitrogens with zero attached hydrogens (tertiary/aromatic N) is 2. The molecule has 1 heterocycles. The Balaban J connectivity index is 2.40. The molecule has 1 unspecified atom stereocenters. The van der Waals surface area contributed by atoms with E-state index < -0.39 is 4.92 Å². The van der Waals surface area contributed by atoms with E-state index in [4.69, 9.17) is 11.6 Å². The maximum atomic E-state index is 12.1. The number of nitro benzene ring substituents is 1. The number of carbonyl (C=O) groups excluding carboxylic acids is 2. The molecule has 0 radical (unpaired) electrons. The number of anilines is 1. The molecule has 9 heteroatoms. The molecular weight excluding hydrogens is 384 g/mol. The van der Waals surface area contributed by atoms with Crippen LogP contribution in [0.5, 0.6) is 0 Å². The van der Waals surface area contributed by atoms with Crippen molar-refractivity contribution in [1.82, 2.24) is 0 Å². The molecule has 0 spiro atoms. The van der Waals surface area contributed by atoms with E-state index in [1.54, 1.807) is 0 Å². The van der Waals surface area contributed by atoms with Crippen LogP contribution in [-0.2, 0) is 9.59 Å². The zero-order chi connectivity index (χ0) is 15.7. The van der Waals surface area contributed by atoms with Gasteiger partial charge in [-0.15, -0.1) is 0 Å². The monoisotopic (exact) mass is 392 g/mol. The van der Waals surface area contributed by atoms with Crippen molar-refractivity contribution in [2.75, 3.05) is 11.4 Å². The number of carbonyl (C=O) groups is 2. The molecule has 1 atom stereocenters. The normalized spacial score (nSPS) is 18.1. The average molecular weight is 394 g/mol. The third-order valence-corrected chi connectivity index (χ3v) is 4.70. The number of hydrogen-bond donors (Lipinski definition) is 0. The van der Waals surface area contributed by atoms with Crippen LogP contribution in [0, 0.1) is 10.1 Å². The molecule has 1 aliphatic rings. The van der Waals surface area contributed by atoms with Gasteiger partial charge in [0.05, 0.1) is 4.92 Å². The van der Waals surface area contributed by atoms with Crippen LogP contribution in [0.4, 0.5) is 11.4 Å². The van der Waals surface area contributed by atoms with E-state index in [1.807, 2.05) is 0 Å². The van der Waals surface area contributed by atoms with Gasteiger partial charge >= 0.3 is 0 Å². The maximum Gasteiger partial charge on any atom is 0.295 e. The summed E-state index contributed by atoms with van der Waals surface area (Å²) in [4.78, 5) is 35.2. The van der Waals surface area contributed by atoms with E-state index >= 15 is 0 Å². The number of nitro groups is 1. The summed E-state index contributed by atoms with van der Waals surface area (Å²) in [5.74, 6) is -0.250. The lowest BCUT2D eigenvalue weighted by Crippen LogP contribution is -2.26. The second-order valence-electron chi connectivity index (χ2n) is 4.45. The molecule has 0 saturated carbocycles. The Hall–Kier alpha value is -1.12. The number of benzene rings is 1. The lowest BCUT2D eigenvalue weighted by molar-refractivity contribution is -0.384. The first kappa shape index (κ1) is 16.3. The number of halogens is 2. The van der Waals surface area contributed by atoms with Crippen LogP contribution in [0.25, 0.3) is 0 Å². The highest BCUT2D eigenvalue weighted by molar-refractivity contribution is 9.10. The predicted octanol–water partition coefficient (Wildman–Crippen LogP) is 3.40. The number of amides is 1. The molecule has 0 bridgehead atoms. The van der Waals surface area contributed by atoms with Gasteiger partial charge in [-0.2, -0.15) is 0 Å². The Morgan fingerprint density at radius 1 is 1.57 bits per heavy atom. The van der Waals surface area contributed by atoms with E-state index in [2.05, 4.69) is 15.9 Å². The van der Waals surface area contributed by atoms with Gasteiger partial charge in [0, 0.05) is 40.7 Å². The minimum absolute atomic E-state index is 0.0840.